The first-order chi connectivity index (χ1) is 16.0. The van der Waals surface area contributed by atoms with E-state index < -0.39 is 11.5 Å². The molecule has 0 aliphatic heterocycles. The van der Waals surface area contributed by atoms with Crippen molar-refractivity contribution >= 4 is 45.4 Å². The van der Waals surface area contributed by atoms with Crippen molar-refractivity contribution in [3.8, 4) is 17.5 Å². The number of benzene rings is 2. The molecule has 0 aliphatic rings. The third-order valence-corrected chi connectivity index (χ3v) is 6.25. The maximum atomic E-state index is 15.0. The number of ether oxygens (including phenoxy) is 1. The lowest BCUT2D eigenvalue weighted by atomic mass is 10.1. The number of pyridine rings is 1. The largest absolute Gasteiger partial charge is 0.496 e. The summed E-state index contributed by atoms with van der Waals surface area (Å²) in [6.45, 7) is 0. The molecule has 0 spiro atoms. The fourth-order valence-electron chi connectivity index (χ4n) is 3.89. The number of halogens is 1. The lowest BCUT2D eigenvalue weighted by Crippen LogP contribution is -2.21. The van der Waals surface area contributed by atoms with Crippen LogP contribution < -0.4 is 10.4 Å². The van der Waals surface area contributed by atoms with E-state index in [-0.39, 0.29) is 11.3 Å². The van der Waals surface area contributed by atoms with Gasteiger partial charge in [-0.25, -0.2) is 9.18 Å². The Bertz CT molecular complexity index is 1660. The van der Waals surface area contributed by atoms with Crippen molar-refractivity contribution in [1.29, 1.82) is 5.26 Å². The van der Waals surface area contributed by atoms with Crippen LogP contribution in [0.25, 0.3) is 39.8 Å². The average Bonchev–Trinajstić information content (AvgIpc) is 3.44. The van der Waals surface area contributed by atoms with Crippen molar-refractivity contribution in [2.45, 2.75) is 0 Å². The highest BCUT2D eigenvalue weighted by Crippen LogP contribution is 2.32. The molecule has 2 aromatic carbocycles. The lowest BCUT2D eigenvalue weighted by Gasteiger charge is -2.10. The molecule has 5 rings (SSSR count). The Hall–Kier alpha value is -4.22. The number of thiophene rings is 1. The first kappa shape index (κ1) is 20.7. The fourth-order valence-corrected chi connectivity index (χ4v) is 4.51. The van der Waals surface area contributed by atoms with E-state index in [0.29, 0.717) is 27.7 Å². The topological polar surface area (TPSA) is 72.8 Å². The van der Waals surface area contributed by atoms with Gasteiger partial charge in [0.05, 0.1) is 47.2 Å². The van der Waals surface area contributed by atoms with Gasteiger partial charge in [-0.05, 0) is 46.7 Å². The van der Waals surface area contributed by atoms with Gasteiger partial charge in [-0.15, -0.1) is 0 Å². The van der Waals surface area contributed by atoms with Crippen molar-refractivity contribution in [2.75, 3.05) is 7.11 Å². The molecule has 0 saturated heterocycles. The minimum atomic E-state index is -0.653. The van der Waals surface area contributed by atoms with Gasteiger partial charge in [0.1, 0.15) is 11.6 Å². The van der Waals surface area contributed by atoms with E-state index in [9.17, 15) is 9.18 Å². The Kier molecular flexibility index (Phi) is 5.04. The summed E-state index contributed by atoms with van der Waals surface area (Å²) in [6, 6.07) is 11.7. The first-order valence-corrected chi connectivity index (χ1v) is 10.9. The molecule has 0 unspecified atom stereocenters. The molecule has 3 aromatic heterocycles. The van der Waals surface area contributed by atoms with Crippen LogP contribution in [0.5, 0.6) is 5.75 Å². The molecule has 0 bridgehead atoms. The zero-order chi connectivity index (χ0) is 23.1. The number of hydrogen-bond donors (Lipinski definition) is 0. The van der Waals surface area contributed by atoms with Crippen molar-refractivity contribution < 1.29 is 9.13 Å². The molecule has 0 N–H and O–H groups in total. The molecule has 0 radical (unpaired) electrons. The Morgan fingerprint density at radius 3 is 2.76 bits per heavy atom. The van der Waals surface area contributed by atoms with E-state index in [0.717, 1.165) is 17.2 Å². The maximum absolute atomic E-state index is 15.0. The number of aryl methyl sites for hydroxylation is 1. The lowest BCUT2D eigenvalue weighted by molar-refractivity contribution is 0.414. The monoisotopic (exact) mass is 456 g/mol. The molecule has 0 saturated carbocycles. The molecule has 0 aliphatic carbocycles. The highest BCUT2D eigenvalue weighted by molar-refractivity contribution is 7.08. The van der Waals surface area contributed by atoms with E-state index >= 15 is 0 Å². The van der Waals surface area contributed by atoms with Crippen LogP contribution in [0.15, 0.2) is 58.1 Å². The van der Waals surface area contributed by atoms with Crippen LogP contribution in [-0.4, -0.2) is 21.2 Å². The minimum absolute atomic E-state index is 0.0725. The van der Waals surface area contributed by atoms with E-state index in [2.05, 4.69) is 4.98 Å². The van der Waals surface area contributed by atoms with Gasteiger partial charge in [-0.3, -0.25) is 14.1 Å². The van der Waals surface area contributed by atoms with E-state index in [1.165, 1.54) is 21.3 Å². The van der Waals surface area contributed by atoms with Crippen molar-refractivity contribution in [1.82, 2.24) is 14.1 Å². The molecule has 0 amide bonds. The van der Waals surface area contributed by atoms with Gasteiger partial charge in [-0.1, -0.05) is 12.2 Å². The van der Waals surface area contributed by atoms with Crippen molar-refractivity contribution in [3.63, 3.8) is 0 Å². The van der Waals surface area contributed by atoms with E-state index in [1.807, 2.05) is 41.1 Å². The molecule has 5 aromatic rings. The third-order valence-electron chi connectivity index (χ3n) is 5.55. The van der Waals surface area contributed by atoms with Gasteiger partial charge in [0.15, 0.2) is 0 Å². The van der Waals surface area contributed by atoms with Crippen LogP contribution in [-0.2, 0) is 7.05 Å². The number of hydrogen-bond acceptors (Lipinski definition) is 5. The third kappa shape index (κ3) is 3.39. The smallest absolute Gasteiger partial charge is 0.333 e. The van der Waals surface area contributed by atoms with Gasteiger partial charge >= 0.3 is 5.69 Å². The second-order valence-corrected chi connectivity index (χ2v) is 8.23. The van der Waals surface area contributed by atoms with Gasteiger partial charge < -0.3 is 4.74 Å². The van der Waals surface area contributed by atoms with Gasteiger partial charge in [0.25, 0.3) is 0 Å². The molecule has 162 valence electrons. The van der Waals surface area contributed by atoms with Gasteiger partial charge in [0.2, 0.25) is 0 Å². The second kappa shape index (κ2) is 8.04. The summed E-state index contributed by atoms with van der Waals surface area (Å²) >= 11 is 1.61. The molecule has 0 fully saturated rings. The predicted molar refractivity (Wildman–Crippen MR) is 128 cm³/mol. The Labute approximate surface area is 192 Å². The Balaban J connectivity index is 1.83. The maximum Gasteiger partial charge on any atom is 0.333 e. The first-order valence-electron chi connectivity index (χ1n) is 10.0. The van der Waals surface area contributed by atoms with Crippen molar-refractivity contribution in [2.24, 2.45) is 7.05 Å². The van der Waals surface area contributed by atoms with Crippen LogP contribution >= 0.6 is 11.3 Å². The van der Waals surface area contributed by atoms with Crippen LogP contribution in [0.1, 0.15) is 16.7 Å². The summed E-state index contributed by atoms with van der Waals surface area (Å²) in [5.74, 6) is -0.0186. The number of fused-ring (bicyclic) bond motifs is 3. The summed E-state index contributed by atoms with van der Waals surface area (Å²) in [5, 5.41) is 13.8. The number of nitriles is 1. The van der Waals surface area contributed by atoms with E-state index in [4.69, 9.17) is 10.00 Å². The minimum Gasteiger partial charge on any atom is -0.496 e. The number of imidazole rings is 1. The molecule has 8 heteroatoms. The summed E-state index contributed by atoms with van der Waals surface area (Å²) in [5.41, 5.74) is 3.42. The van der Waals surface area contributed by atoms with Crippen molar-refractivity contribution in [3.05, 3.63) is 86.3 Å². The highest BCUT2D eigenvalue weighted by atomic mass is 32.1. The summed E-state index contributed by atoms with van der Waals surface area (Å²) in [4.78, 5) is 17.7. The number of nitrogens with zero attached hydrogens (tertiary/aromatic N) is 4. The molecule has 33 heavy (non-hydrogen) atoms. The van der Waals surface area contributed by atoms with E-state index in [1.54, 1.807) is 37.8 Å². The van der Waals surface area contributed by atoms with Crippen LogP contribution in [0, 0.1) is 17.1 Å². The van der Waals surface area contributed by atoms with Crippen LogP contribution in [0.4, 0.5) is 4.39 Å². The SMILES string of the molecule is COc1cc2ncc3c(c2cc1C=Cc1ccsc1)n(-c1ccc(C#N)cc1F)c(=O)n3C. The second-order valence-electron chi connectivity index (χ2n) is 7.45. The molecule has 6 nitrogen and oxygen atoms in total. The Morgan fingerprint density at radius 2 is 2.06 bits per heavy atom. The van der Waals surface area contributed by atoms with Crippen LogP contribution in [0.2, 0.25) is 0 Å². The summed E-state index contributed by atoms with van der Waals surface area (Å²) in [6.07, 6.45) is 5.51. The fraction of sp³-hybridized carbons (Fsp3) is 0.0800. The zero-order valence-electron chi connectivity index (χ0n) is 17.7. The zero-order valence-corrected chi connectivity index (χ0v) is 18.6. The quantitative estimate of drug-likeness (QED) is 0.376. The predicted octanol–water partition coefficient (Wildman–Crippen LogP) is 5.13. The molecule has 3 heterocycles. The Morgan fingerprint density at radius 1 is 1.21 bits per heavy atom. The van der Waals surface area contributed by atoms with Gasteiger partial charge in [0, 0.05) is 24.1 Å². The number of aromatic nitrogens is 3. The van der Waals surface area contributed by atoms with Crippen LogP contribution in [0.3, 0.4) is 0 Å². The average molecular weight is 457 g/mol. The summed E-state index contributed by atoms with van der Waals surface area (Å²) < 4.78 is 23.3. The standard InChI is InChI=1S/C25H17FN4O2S/c1-29-22-13-28-20-11-23(32-2)17(5-3-15-7-8-33-14-15)10-18(20)24(22)30(25(29)31)21-6-4-16(12-27)9-19(21)26/h3-11,13-14H,1-2H3. The molecular formula is C25H17FN4O2S. The molecule has 0 atom stereocenters. The normalized spacial score (nSPS) is 11.5. The van der Waals surface area contributed by atoms with Gasteiger partial charge in [-0.2, -0.15) is 16.6 Å². The molecular weight excluding hydrogens is 439 g/mol. The highest BCUT2D eigenvalue weighted by Gasteiger charge is 2.19. The number of rotatable bonds is 4. The number of methoxy groups -OCH3 is 1. The summed E-state index contributed by atoms with van der Waals surface area (Å²) in [7, 11) is 3.21.